The molecule has 0 saturated carbocycles. The molecule has 0 heterocycles. The molecule has 0 aliphatic carbocycles. The Bertz CT molecular complexity index is 1050. The fourth-order valence-electron chi connectivity index (χ4n) is 2.98. The Hall–Kier alpha value is -3.88. The largest absolute Gasteiger partial charge is 0.489 e. The van der Waals surface area contributed by atoms with Crippen molar-refractivity contribution in [3.63, 3.8) is 0 Å². The monoisotopic (exact) mass is 451 g/mol. The van der Waals surface area contributed by atoms with Crippen molar-refractivity contribution < 1.29 is 34.4 Å². The van der Waals surface area contributed by atoms with Crippen LogP contribution in [0.3, 0.4) is 0 Å². The quantitative estimate of drug-likeness (QED) is 0.303. The van der Waals surface area contributed by atoms with E-state index < -0.39 is 18.2 Å². The van der Waals surface area contributed by atoms with Crippen molar-refractivity contribution in [1.82, 2.24) is 0 Å². The lowest BCUT2D eigenvalue weighted by molar-refractivity contribution is -0.153. The number of aliphatic hydroxyl groups excluding tert-OH is 2. The smallest absolute Gasteiger partial charge is 0.335 e. The molecule has 0 aromatic heterocycles. The molecule has 0 spiro atoms. The highest BCUT2D eigenvalue weighted by Gasteiger charge is 2.24. The maximum Gasteiger partial charge on any atom is 0.335 e. The average Bonchev–Trinajstić information content (AvgIpc) is 2.85. The van der Waals surface area contributed by atoms with E-state index in [0.29, 0.717) is 23.8 Å². The molecule has 2 atom stereocenters. The molecule has 172 valence electrons. The van der Waals surface area contributed by atoms with Crippen LogP contribution in [0.2, 0.25) is 0 Å². The van der Waals surface area contributed by atoms with Crippen molar-refractivity contribution in [2.75, 3.05) is 13.7 Å². The van der Waals surface area contributed by atoms with Gasteiger partial charge in [-0.3, -0.25) is 0 Å². The fourth-order valence-corrected chi connectivity index (χ4v) is 2.98. The number of benzene rings is 3. The molecule has 3 aromatic carbocycles. The van der Waals surface area contributed by atoms with Gasteiger partial charge in [0.1, 0.15) is 43.6 Å². The molecule has 0 radical (unpaired) electrons. The lowest BCUT2D eigenvalue weighted by Crippen LogP contribution is -2.27. The van der Waals surface area contributed by atoms with Crippen LogP contribution in [-0.4, -0.2) is 46.8 Å². The first-order chi connectivity index (χ1) is 16.0. The molecule has 33 heavy (non-hydrogen) atoms. The molecule has 0 bridgehead atoms. The second-order valence-electron chi connectivity index (χ2n) is 7.10. The summed E-state index contributed by atoms with van der Waals surface area (Å²) in [6.07, 6.45) is -3.40. The van der Waals surface area contributed by atoms with Crippen LogP contribution < -0.4 is 9.47 Å². The molecule has 8 nitrogen and oxygen atoms in total. The minimum Gasteiger partial charge on any atom is -0.489 e. The Morgan fingerprint density at radius 2 is 1.48 bits per heavy atom. The Kier molecular flexibility index (Phi) is 8.40. The fraction of sp³-hybridized carbons (Fsp3) is 0.200. The third-order valence-corrected chi connectivity index (χ3v) is 4.79. The number of hydrogen-bond donors (Lipinski definition) is 3. The number of nitrogens with zero attached hydrogens (tertiary/aromatic N) is 1. The number of aliphatic hydroxyl groups is 2. The van der Waals surface area contributed by atoms with E-state index in [9.17, 15) is 15.0 Å². The summed E-state index contributed by atoms with van der Waals surface area (Å²) in [5.74, 6) is -0.272. The van der Waals surface area contributed by atoms with E-state index in [1.807, 2.05) is 54.6 Å². The predicted octanol–water partition coefficient (Wildman–Crippen LogP) is 3.17. The van der Waals surface area contributed by atoms with Crippen LogP contribution in [0.25, 0.3) is 0 Å². The van der Waals surface area contributed by atoms with Crippen LogP contribution in [0, 0.1) is 0 Å². The second-order valence-corrected chi connectivity index (χ2v) is 7.10. The summed E-state index contributed by atoms with van der Waals surface area (Å²) in [7, 11) is 1.49. The number of hydrogen-bond acceptors (Lipinski definition) is 7. The van der Waals surface area contributed by atoms with E-state index in [2.05, 4.69) is 5.16 Å². The van der Waals surface area contributed by atoms with Crippen LogP contribution in [0.5, 0.6) is 11.5 Å². The molecule has 0 saturated heterocycles. The van der Waals surface area contributed by atoms with E-state index in [1.165, 1.54) is 19.2 Å². The zero-order valence-electron chi connectivity index (χ0n) is 18.0. The van der Waals surface area contributed by atoms with Crippen molar-refractivity contribution in [2.45, 2.75) is 18.8 Å². The van der Waals surface area contributed by atoms with Crippen molar-refractivity contribution in [2.24, 2.45) is 5.16 Å². The van der Waals surface area contributed by atoms with E-state index in [1.54, 1.807) is 12.1 Å². The second kappa shape index (κ2) is 11.7. The van der Waals surface area contributed by atoms with Gasteiger partial charge in [-0.1, -0.05) is 59.8 Å². The normalized spacial score (nSPS) is 13.1. The first kappa shape index (κ1) is 23.8. The number of aliphatic carboxylic acids is 1. The van der Waals surface area contributed by atoms with Gasteiger partial charge < -0.3 is 29.6 Å². The van der Waals surface area contributed by atoms with E-state index >= 15 is 0 Å². The van der Waals surface area contributed by atoms with E-state index in [0.717, 1.165) is 11.1 Å². The molecule has 3 aromatic rings. The molecular formula is C25H25NO7. The maximum atomic E-state index is 10.8. The molecule has 0 amide bonds. The highest BCUT2D eigenvalue weighted by Crippen LogP contribution is 2.22. The summed E-state index contributed by atoms with van der Waals surface area (Å²) in [6.45, 7) is 0.558. The third kappa shape index (κ3) is 6.80. The summed E-state index contributed by atoms with van der Waals surface area (Å²) < 4.78 is 11.6. The molecule has 8 heteroatoms. The van der Waals surface area contributed by atoms with Gasteiger partial charge in [-0.25, -0.2) is 4.79 Å². The number of carbonyl (C=O) groups is 1. The highest BCUT2D eigenvalue weighted by molar-refractivity contribution is 6.01. The van der Waals surface area contributed by atoms with Gasteiger partial charge in [0.15, 0.2) is 6.10 Å². The number of rotatable bonds is 11. The van der Waals surface area contributed by atoms with Gasteiger partial charge in [0.25, 0.3) is 0 Å². The topological polar surface area (TPSA) is 118 Å². The Morgan fingerprint density at radius 1 is 0.879 bits per heavy atom. The SMILES string of the molecule is CON=C(COc1ccc(COc2ccc(C(O)C(O)C(=O)O)cc2)cc1)c1ccccc1. The Balaban J connectivity index is 1.52. The summed E-state index contributed by atoms with van der Waals surface area (Å²) >= 11 is 0. The summed E-state index contributed by atoms with van der Waals surface area (Å²) in [5.41, 5.74) is 2.79. The third-order valence-electron chi connectivity index (χ3n) is 4.79. The molecule has 3 rings (SSSR count). The van der Waals surface area contributed by atoms with Gasteiger partial charge in [-0.05, 0) is 35.4 Å². The van der Waals surface area contributed by atoms with Crippen molar-refractivity contribution >= 4 is 11.7 Å². The van der Waals surface area contributed by atoms with Crippen LogP contribution in [0.1, 0.15) is 22.8 Å². The average molecular weight is 451 g/mol. The molecule has 0 aliphatic rings. The van der Waals surface area contributed by atoms with Crippen LogP contribution >= 0.6 is 0 Å². The zero-order valence-corrected chi connectivity index (χ0v) is 18.0. The summed E-state index contributed by atoms with van der Waals surface area (Å²) in [6, 6.07) is 23.3. The predicted molar refractivity (Wildman–Crippen MR) is 121 cm³/mol. The lowest BCUT2D eigenvalue weighted by atomic mass is 10.0. The lowest BCUT2D eigenvalue weighted by Gasteiger charge is -2.15. The molecule has 0 fully saturated rings. The first-order valence-electron chi connectivity index (χ1n) is 10.2. The van der Waals surface area contributed by atoms with Gasteiger partial charge in [-0.2, -0.15) is 0 Å². The van der Waals surface area contributed by atoms with E-state index in [4.69, 9.17) is 19.4 Å². The van der Waals surface area contributed by atoms with E-state index in [-0.39, 0.29) is 12.2 Å². The van der Waals surface area contributed by atoms with Gasteiger partial charge >= 0.3 is 5.97 Å². The molecule has 2 unspecified atom stereocenters. The van der Waals surface area contributed by atoms with Crippen molar-refractivity contribution in [3.05, 3.63) is 95.6 Å². The van der Waals surface area contributed by atoms with Crippen LogP contribution in [0.15, 0.2) is 84.0 Å². The first-order valence-corrected chi connectivity index (χ1v) is 10.2. The van der Waals surface area contributed by atoms with Gasteiger partial charge in [-0.15, -0.1) is 0 Å². The number of ether oxygens (including phenoxy) is 2. The molecule has 3 N–H and O–H groups in total. The Labute approximate surface area is 191 Å². The summed E-state index contributed by atoms with van der Waals surface area (Å²) in [5, 5.41) is 32.1. The number of oxime groups is 1. The van der Waals surface area contributed by atoms with Crippen LogP contribution in [0.4, 0.5) is 0 Å². The Morgan fingerprint density at radius 3 is 2.09 bits per heavy atom. The molecular weight excluding hydrogens is 426 g/mol. The molecule has 0 aliphatic heterocycles. The maximum absolute atomic E-state index is 10.8. The zero-order chi connectivity index (χ0) is 23.6. The number of carboxylic acid groups (broad SMARTS) is 1. The van der Waals surface area contributed by atoms with Gasteiger partial charge in [0, 0.05) is 5.56 Å². The van der Waals surface area contributed by atoms with Crippen molar-refractivity contribution in [1.29, 1.82) is 0 Å². The summed E-state index contributed by atoms with van der Waals surface area (Å²) in [4.78, 5) is 15.7. The van der Waals surface area contributed by atoms with Crippen LogP contribution in [-0.2, 0) is 16.2 Å². The standard InChI is InChI=1S/C25H25NO7/c1-31-26-22(18-5-3-2-4-6-18)16-33-20-11-7-17(8-12-20)15-32-21-13-9-19(10-14-21)23(27)24(28)25(29)30/h2-14,23-24,27-28H,15-16H2,1H3,(H,29,30). The van der Waals surface area contributed by atoms with Crippen molar-refractivity contribution in [3.8, 4) is 11.5 Å². The van der Waals surface area contributed by atoms with Gasteiger partial charge in [0.2, 0.25) is 0 Å². The highest BCUT2D eigenvalue weighted by atomic mass is 16.6. The van der Waals surface area contributed by atoms with Gasteiger partial charge in [0.05, 0.1) is 0 Å². The minimum atomic E-state index is -1.89. The number of carboxylic acids is 1. The minimum absolute atomic E-state index is 0.252.